The van der Waals surface area contributed by atoms with Crippen LogP contribution in [0, 0.1) is 11.8 Å². The molecule has 2 unspecified atom stereocenters. The number of unbranched alkanes of at least 4 members (excludes halogenated alkanes) is 44. The summed E-state index contributed by atoms with van der Waals surface area (Å²) in [6.45, 7) is 9.54. The zero-order valence-corrected chi connectivity index (χ0v) is 63.1. The molecule has 0 saturated carbocycles. The third kappa shape index (κ3) is 68.6. The molecule has 0 heterocycles. The zero-order chi connectivity index (χ0) is 69.3. The molecule has 0 radical (unpaired) electrons. The maximum atomic E-state index is 13.1. The Kier molecular flexibility index (Phi) is 65.5. The van der Waals surface area contributed by atoms with Crippen LogP contribution in [0.4, 0.5) is 0 Å². The van der Waals surface area contributed by atoms with Crippen molar-refractivity contribution in [3.63, 3.8) is 0 Å². The summed E-state index contributed by atoms with van der Waals surface area (Å²) >= 11 is 0. The first-order valence-corrected chi connectivity index (χ1v) is 42.0. The van der Waals surface area contributed by atoms with Crippen molar-refractivity contribution in [3.05, 3.63) is 0 Å². The Balaban J connectivity index is 5.18. The first-order valence-electron chi connectivity index (χ1n) is 39.0. The van der Waals surface area contributed by atoms with E-state index in [0.717, 1.165) is 102 Å². The third-order valence-corrected chi connectivity index (χ3v) is 19.4. The molecule has 0 saturated heterocycles. The number of carbonyl (C=O) groups excluding carboxylic acids is 4. The van der Waals surface area contributed by atoms with Gasteiger partial charge in [0, 0.05) is 25.7 Å². The number of carbonyl (C=O) groups is 4. The minimum Gasteiger partial charge on any atom is -0.462 e. The first-order chi connectivity index (χ1) is 45.4. The Morgan fingerprint density at radius 2 is 0.489 bits per heavy atom. The Morgan fingerprint density at radius 1 is 0.287 bits per heavy atom. The highest BCUT2D eigenvalue weighted by Crippen LogP contribution is 2.45. The van der Waals surface area contributed by atoms with Gasteiger partial charge in [0.25, 0.3) is 0 Å². The van der Waals surface area contributed by atoms with Crippen LogP contribution in [0.1, 0.15) is 388 Å². The Bertz CT molecular complexity index is 1820. The lowest BCUT2D eigenvalue weighted by Crippen LogP contribution is -2.30. The average molecular weight is 1380 g/mol. The summed E-state index contributed by atoms with van der Waals surface area (Å²) in [5.74, 6) is -0.618. The fourth-order valence-corrected chi connectivity index (χ4v) is 13.1. The summed E-state index contributed by atoms with van der Waals surface area (Å²) in [7, 11) is -9.91. The van der Waals surface area contributed by atoms with Gasteiger partial charge >= 0.3 is 39.5 Å². The zero-order valence-electron chi connectivity index (χ0n) is 61.3. The molecule has 0 aliphatic carbocycles. The van der Waals surface area contributed by atoms with Crippen LogP contribution in [0.2, 0.25) is 0 Å². The number of phosphoric ester groups is 2. The van der Waals surface area contributed by atoms with Gasteiger partial charge < -0.3 is 33.8 Å². The van der Waals surface area contributed by atoms with E-state index in [1.807, 2.05) is 0 Å². The molecule has 0 aromatic heterocycles. The van der Waals surface area contributed by atoms with Crippen LogP contribution >= 0.6 is 15.6 Å². The largest absolute Gasteiger partial charge is 0.472 e. The number of phosphoric acid groups is 2. The number of ether oxygens (including phenoxy) is 4. The smallest absolute Gasteiger partial charge is 0.462 e. The molecule has 0 bridgehead atoms. The number of hydrogen-bond acceptors (Lipinski definition) is 15. The predicted octanol–water partition coefficient (Wildman–Crippen LogP) is 21.9. The second-order valence-electron chi connectivity index (χ2n) is 28.0. The molecule has 0 amide bonds. The lowest BCUT2D eigenvalue weighted by Gasteiger charge is -2.21. The molecular formula is C75H146O17P2. The fourth-order valence-electron chi connectivity index (χ4n) is 11.5. The van der Waals surface area contributed by atoms with Crippen LogP contribution in [0.25, 0.3) is 0 Å². The van der Waals surface area contributed by atoms with Crippen LogP contribution in [0.3, 0.4) is 0 Å². The molecule has 0 aliphatic rings. The lowest BCUT2D eigenvalue weighted by atomic mass is 10.0. The number of aliphatic hydroxyl groups excluding tert-OH is 1. The summed E-state index contributed by atoms with van der Waals surface area (Å²) in [6, 6.07) is 0. The number of hydrogen-bond donors (Lipinski definition) is 3. The van der Waals surface area contributed by atoms with E-state index in [1.165, 1.54) is 199 Å². The van der Waals surface area contributed by atoms with E-state index in [-0.39, 0.29) is 25.7 Å². The van der Waals surface area contributed by atoms with Gasteiger partial charge in [-0.1, -0.05) is 337 Å². The monoisotopic (exact) mass is 1380 g/mol. The van der Waals surface area contributed by atoms with Crippen molar-refractivity contribution in [3.8, 4) is 0 Å². The third-order valence-electron chi connectivity index (χ3n) is 17.5. The minimum atomic E-state index is -4.95. The van der Waals surface area contributed by atoms with Crippen molar-refractivity contribution >= 4 is 39.5 Å². The van der Waals surface area contributed by atoms with Crippen LogP contribution in [0.5, 0.6) is 0 Å². The maximum Gasteiger partial charge on any atom is 0.472 e. The van der Waals surface area contributed by atoms with Crippen molar-refractivity contribution in [1.82, 2.24) is 0 Å². The van der Waals surface area contributed by atoms with E-state index in [4.69, 9.17) is 37.0 Å². The SMILES string of the molecule is CCCCCCCCCCCCCCC(=O)OC[C@H](COP(=O)(O)OC[C@@H](O)COP(=O)(O)OC[C@@H](COC(=O)CCCCCCCCC(C)C)OC(=O)CCCCCCCCCCCCCC)OC(=O)CCCCCCCCCCCCCCCCCCCCC(C)C. The Labute approximate surface area is 575 Å². The number of esters is 4. The average Bonchev–Trinajstić information content (AvgIpc) is 1.47. The highest BCUT2D eigenvalue weighted by molar-refractivity contribution is 7.47. The van der Waals surface area contributed by atoms with Gasteiger partial charge in [0.2, 0.25) is 0 Å². The van der Waals surface area contributed by atoms with Crippen molar-refractivity contribution in [2.45, 2.75) is 407 Å². The van der Waals surface area contributed by atoms with Gasteiger partial charge in [-0.15, -0.1) is 0 Å². The first kappa shape index (κ1) is 92.1. The van der Waals surface area contributed by atoms with E-state index in [1.54, 1.807) is 0 Å². The summed E-state index contributed by atoms with van der Waals surface area (Å²) in [5.41, 5.74) is 0. The highest BCUT2D eigenvalue weighted by atomic mass is 31.2. The van der Waals surface area contributed by atoms with Gasteiger partial charge in [0.05, 0.1) is 26.4 Å². The van der Waals surface area contributed by atoms with E-state index < -0.39 is 97.5 Å². The van der Waals surface area contributed by atoms with Gasteiger partial charge in [-0.05, 0) is 37.5 Å². The summed E-state index contributed by atoms with van der Waals surface area (Å²) < 4.78 is 68.4. The molecule has 5 atom stereocenters. The normalized spacial score (nSPS) is 14.0. The van der Waals surface area contributed by atoms with Crippen molar-refractivity contribution in [1.29, 1.82) is 0 Å². The van der Waals surface area contributed by atoms with Gasteiger partial charge in [-0.3, -0.25) is 37.3 Å². The van der Waals surface area contributed by atoms with Gasteiger partial charge in [-0.25, -0.2) is 9.13 Å². The number of rotatable bonds is 74. The molecule has 19 heteroatoms. The van der Waals surface area contributed by atoms with E-state index in [9.17, 15) is 43.2 Å². The predicted molar refractivity (Wildman–Crippen MR) is 381 cm³/mol. The summed E-state index contributed by atoms with van der Waals surface area (Å²) in [4.78, 5) is 72.7. The van der Waals surface area contributed by atoms with Crippen LogP contribution < -0.4 is 0 Å². The summed E-state index contributed by atoms with van der Waals surface area (Å²) in [6.07, 6.45) is 54.3. The minimum absolute atomic E-state index is 0.106. The second-order valence-corrected chi connectivity index (χ2v) is 30.9. The molecule has 94 heavy (non-hydrogen) atoms. The molecule has 0 aromatic carbocycles. The lowest BCUT2D eigenvalue weighted by molar-refractivity contribution is -0.161. The fraction of sp³-hybridized carbons (Fsp3) is 0.947. The van der Waals surface area contributed by atoms with Crippen molar-refractivity contribution < 1.29 is 80.2 Å². The van der Waals surface area contributed by atoms with Crippen molar-refractivity contribution in [2.24, 2.45) is 11.8 Å². The van der Waals surface area contributed by atoms with Crippen molar-refractivity contribution in [2.75, 3.05) is 39.6 Å². The van der Waals surface area contributed by atoms with E-state index in [2.05, 4.69) is 41.5 Å². The van der Waals surface area contributed by atoms with E-state index in [0.29, 0.717) is 31.6 Å². The second kappa shape index (κ2) is 66.9. The summed E-state index contributed by atoms with van der Waals surface area (Å²) in [5, 5.41) is 10.6. The van der Waals surface area contributed by atoms with Gasteiger partial charge in [0.1, 0.15) is 19.3 Å². The maximum absolute atomic E-state index is 13.1. The molecule has 17 nitrogen and oxygen atoms in total. The molecule has 0 rings (SSSR count). The number of aliphatic hydroxyl groups is 1. The van der Waals surface area contributed by atoms with Crippen LogP contribution in [0.15, 0.2) is 0 Å². The molecule has 558 valence electrons. The van der Waals surface area contributed by atoms with Gasteiger partial charge in [0.15, 0.2) is 12.2 Å². The molecule has 0 fully saturated rings. The highest BCUT2D eigenvalue weighted by Gasteiger charge is 2.30. The quantitative estimate of drug-likeness (QED) is 0.0222. The molecule has 0 aliphatic heterocycles. The van der Waals surface area contributed by atoms with E-state index >= 15 is 0 Å². The molecular weight excluding hydrogens is 1230 g/mol. The van der Waals surface area contributed by atoms with Crippen LogP contribution in [-0.2, 0) is 65.4 Å². The Morgan fingerprint density at radius 3 is 0.723 bits per heavy atom. The topological polar surface area (TPSA) is 237 Å². The molecule has 0 spiro atoms. The van der Waals surface area contributed by atoms with Crippen LogP contribution in [-0.4, -0.2) is 96.7 Å². The van der Waals surface area contributed by atoms with Gasteiger partial charge in [-0.2, -0.15) is 0 Å². The Hall–Kier alpha value is -1.94. The standard InChI is InChI=1S/C75H146O17P2/c1-7-9-11-13-15-17-19-30-34-38-45-51-57-72(77)85-63-70(91-75(80)60-54-48-40-36-32-28-26-24-22-21-23-25-27-29-33-37-43-49-55-67(3)4)65-89-93(81,82)87-61-69(76)62-88-94(83,84)90-66-71(64-86-73(78)58-52-46-42-41-44-50-56-68(5)6)92-74(79)59-53-47-39-35-31-20-18-16-14-12-10-8-2/h67-71,76H,7-66H2,1-6H3,(H,81,82)(H,83,84)/t69-,70-,71-/m1/s1. The molecule has 3 N–H and O–H groups in total. The molecule has 0 aromatic rings.